The van der Waals surface area contributed by atoms with Crippen LogP contribution in [-0.2, 0) is 14.8 Å². The van der Waals surface area contributed by atoms with Gasteiger partial charge in [-0.05, 0) is 63.1 Å². The number of amides is 1. The number of carbonyl (C=O) groups excluding carboxylic acids is 1. The molecule has 6 heteroatoms. The largest absolute Gasteiger partial charge is 0.348 e. The van der Waals surface area contributed by atoms with E-state index in [1.807, 2.05) is 58.0 Å². The van der Waals surface area contributed by atoms with Crippen LogP contribution in [0.4, 0.5) is 5.69 Å². The number of anilines is 1. The summed E-state index contributed by atoms with van der Waals surface area (Å²) in [5.41, 5.74) is 4.43. The number of carbonyl (C=O) groups is 1. The Kier molecular flexibility index (Phi) is 6.81. The molecule has 0 unspecified atom stereocenters. The van der Waals surface area contributed by atoms with Gasteiger partial charge in [-0.1, -0.05) is 59.7 Å². The molecule has 0 saturated heterocycles. The lowest BCUT2D eigenvalue weighted by Gasteiger charge is -2.25. The molecule has 3 rings (SSSR count). The summed E-state index contributed by atoms with van der Waals surface area (Å²) in [5.74, 6) is -0.370. The zero-order chi connectivity index (χ0) is 22.6. The van der Waals surface area contributed by atoms with Crippen molar-refractivity contribution in [3.05, 3.63) is 95.1 Å². The van der Waals surface area contributed by atoms with E-state index in [0.29, 0.717) is 5.69 Å². The zero-order valence-electron chi connectivity index (χ0n) is 18.3. The van der Waals surface area contributed by atoms with E-state index in [1.165, 1.54) is 4.31 Å². The number of nitrogens with one attached hydrogen (secondary N) is 1. The third-order valence-corrected chi connectivity index (χ3v) is 6.93. The van der Waals surface area contributed by atoms with Crippen molar-refractivity contribution in [2.45, 2.75) is 38.6 Å². The lowest BCUT2D eigenvalue weighted by atomic mass is 10.1. The van der Waals surface area contributed by atoms with Gasteiger partial charge in [-0.25, -0.2) is 8.42 Å². The predicted molar refractivity (Wildman–Crippen MR) is 125 cm³/mol. The molecule has 1 amide bonds. The summed E-state index contributed by atoms with van der Waals surface area (Å²) in [6.07, 6.45) is 0. The molecule has 5 nitrogen and oxygen atoms in total. The van der Waals surface area contributed by atoms with Crippen molar-refractivity contribution in [2.75, 3.05) is 10.8 Å². The van der Waals surface area contributed by atoms with E-state index in [2.05, 4.69) is 5.32 Å². The van der Waals surface area contributed by atoms with Crippen LogP contribution in [0.2, 0.25) is 0 Å². The first-order valence-corrected chi connectivity index (χ1v) is 11.6. The molecule has 31 heavy (non-hydrogen) atoms. The van der Waals surface area contributed by atoms with Crippen molar-refractivity contribution in [1.82, 2.24) is 5.32 Å². The maximum atomic E-state index is 13.4. The van der Waals surface area contributed by atoms with Gasteiger partial charge in [-0.15, -0.1) is 0 Å². The topological polar surface area (TPSA) is 66.5 Å². The molecule has 0 aliphatic carbocycles. The van der Waals surface area contributed by atoms with Crippen LogP contribution in [-0.4, -0.2) is 20.9 Å². The number of rotatable bonds is 7. The van der Waals surface area contributed by atoms with E-state index in [4.69, 9.17) is 0 Å². The maximum Gasteiger partial charge on any atom is 0.264 e. The highest BCUT2D eigenvalue weighted by atomic mass is 32.2. The lowest BCUT2D eigenvalue weighted by molar-refractivity contribution is -0.120. The van der Waals surface area contributed by atoms with Crippen LogP contribution in [0, 0.1) is 20.8 Å². The number of nitrogens with zero attached hydrogens (tertiary/aromatic N) is 1. The molecule has 0 radical (unpaired) electrons. The normalized spacial score (nSPS) is 12.3. The molecule has 0 spiro atoms. The Labute approximate surface area is 184 Å². The summed E-state index contributed by atoms with van der Waals surface area (Å²) in [4.78, 5) is 13.0. The fourth-order valence-corrected chi connectivity index (χ4v) is 4.70. The van der Waals surface area contributed by atoms with Crippen LogP contribution in [0.5, 0.6) is 0 Å². The summed E-state index contributed by atoms with van der Waals surface area (Å²) in [5, 5.41) is 2.92. The fourth-order valence-electron chi connectivity index (χ4n) is 3.29. The molecule has 1 N–H and O–H groups in total. The molecule has 162 valence electrons. The lowest BCUT2D eigenvalue weighted by Crippen LogP contribution is -2.41. The summed E-state index contributed by atoms with van der Waals surface area (Å²) < 4.78 is 28.0. The van der Waals surface area contributed by atoms with Crippen molar-refractivity contribution in [1.29, 1.82) is 0 Å². The zero-order valence-corrected chi connectivity index (χ0v) is 19.1. The second kappa shape index (κ2) is 9.35. The van der Waals surface area contributed by atoms with Gasteiger partial charge < -0.3 is 5.32 Å². The third kappa shape index (κ3) is 5.52. The van der Waals surface area contributed by atoms with Gasteiger partial charge in [0.25, 0.3) is 10.0 Å². The minimum absolute atomic E-state index is 0.152. The minimum atomic E-state index is -3.92. The van der Waals surface area contributed by atoms with E-state index in [9.17, 15) is 13.2 Å². The van der Waals surface area contributed by atoms with E-state index in [0.717, 1.165) is 22.3 Å². The van der Waals surface area contributed by atoms with E-state index in [1.54, 1.807) is 42.5 Å². The molecule has 0 aliphatic heterocycles. The van der Waals surface area contributed by atoms with Gasteiger partial charge >= 0.3 is 0 Å². The molecule has 0 saturated carbocycles. The molecule has 0 bridgehead atoms. The summed E-state index contributed by atoms with van der Waals surface area (Å²) in [7, 11) is -3.92. The van der Waals surface area contributed by atoms with Crippen molar-refractivity contribution in [3.8, 4) is 0 Å². The van der Waals surface area contributed by atoms with Crippen molar-refractivity contribution in [3.63, 3.8) is 0 Å². The maximum absolute atomic E-state index is 13.4. The molecular weight excluding hydrogens is 408 g/mol. The Morgan fingerprint density at radius 1 is 0.871 bits per heavy atom. The van der Waals surface area contributed by atoms with Crippen molar-refractivity contribution >= 4 is 21.6 Å². The molecule has 1 atom stereocenters. The van der Waals surface area contributed by atoms with E-state index < -0.39 is 10.0 Å². The molecule has 0 aliphatic rings. The molecule has 0 fully saturated rings. The van der Waals surface area contributed by atoms with E-state index >= 15 is 0 Å². The predicted octanol–water partition coefficient (Wildman–Crippen LogP) is 4.68. The van der Waals surface area contributed by atoms with Gasteiger partial charge in [-0.2, -0.15) is 0 Å². The molecular formula is C25H28N2O3S. The first-order chi connectivity index (χ1) is 14.7. The second-order valence-electron chi connectivity index (χ2n) is 7.86. The first kappa shape index (κ1) is 22.6. The SMILES string of the molecule is Cc1ccc([C@@H](C)NC(=O)CN(c2cccc(C)c2)S(=O)(=O)c2ccc(C)cc2)cc1. The van der Waals surface area contributed by atoms with Gasteiger partial charge in [-0.3, -0.25) is 9.10 Å². The molecule has 3 aromatic rings. The number of benzene rings is 3. The van der Waals surface area contributed by atoms with Crippen LogP contribution in [0.15, 0.2) is 77.7 Å². The van der Waals surface area contributed by atoms with Crippen LogP contribution in [0.3, 0.4) is 0 Å². The standard InChI is InChI=1S/C25H28N2O3S/c1-18-8-12-22(13-9-18)21(4)26-25(28)17-27(23-7-5-6-20(3)16-23)31(29,30)24-14-10-19(2)11-15-24/h5-16,21H,17H2,1-4H3,(H,26,28)/t21-/m1/s1. The number of sulfonamides is 1. The Balaban J connectivity index is 1.89. The summed E-state index contributed by atoms with van der Waals surface area (Å²) >= 11 is 0. The van der Waals surface area contributed by atoms with Crippen LogP contribution in [0.1, 0.15) is 35.2 Å². The summed E-state index contributed by atoms with van der Waals surface area (Å²) in [6.45, 7) is 7.36. The Bertz CT molecular complexity index is 1150. The number of aryl methyl sites for hydroxylation is 3. The number of hydrogen-bond acceptors (Lipinski definition) is 3. The monoisotopic (exact) mass is 436 g/mol. The molecule has 3 aromatic carbocycles. The Hall–Kier alpha value is -3.12. The smallest absolute Gasteiger partial charge is 0.264 e. The quantitative estimate of drug-likeness (QED) is 0.585. The van der Waals surface area contributed by atoms with Gasteiger partial charge in [0.15, 0.2) is 0 Å². The highest BCUT2D eigenvalue weighted by Crippen LogP contribution is 2.25. The highest BCUT2D eigenvalue weighted by molar-refractivity contribution is 7.92. The Morgan fingerprint density at radius 2 is 1.45 bits per heavy atom. The molecule has 0 heterocycles. The fraction of sp³-hybridized carbons (Fsp3) is 0.240. The molecule has 0 aromatic heterocycles. The summed E-state index contributed by atoms with van der Waals surface area (Å²) in [6, 6.07) is 21.4. The van der Waals surface area contributed by atoms with Gasteiger partial charge in [0.2, 0.25) is 5.91 Å². The first-order valence-electron chi connectivity index (χ1n) is 10.2. The van der Waals surface area contributed by atoms with Crippen LogP contribution in [0.25, 0.3) is 0 Å². The van der Waals surface area contributed by atoms with Gasteiger partial charge in [0.05, 0.1) is 16.6 Å². The minimum Gasteiger partial charge on any atom is -0.348 e. The average Bonchev–Trinajstić information content (AvgIpc) is 2.72. The highest BCUT2D eigenvalue weighted by Gasteiger charge is 2.27. The van der Waals surface area contributed by atoms with Gasteiger partial charge in [0.1, 0.15) is 6.54 Å². The Morgan fingerprint density at radius 3 is 2.03 bits per heavy atom. The third-order valence-electron chi connectivity index (χ3n) is 5.14. The van der Waals surface area contributed by atoms with E-state index in [-0.39, 0.29) is 23.4 Å². The number of hydrogen-bond donors (Lipinski definition) is 1. The van der Waals surface area contributed by atoms with Crippen molar-refractivity contribution < 1.29 is 13.2 Å². The van der Waals surface area contributed by atoms with Crippen LogP contribution < -0.4 is 9.62 Å². The van der Waals surface area contributed by atoms with Crippen LogP contribution >= 0.6 is 0 Å². The second-order valence-corrected chi connectivity index (χ2v) is 9.73. The van der Waals surface area contributed by atoms with Crippen molar-refractivity contribution in [2.24, 2.45) is 0 Å². The van der Waals surface area contributed by atoms with Gasteiger partial charge in [0, 0.05) is 0 Å². The average molecular weight is 437 g/mol.